The van der Waals surface area contributed by atoms with E-state index in [1.165, 1.54) is 6.07 Å². The van der Waals surface area contributed by atoms with Crippen LogP contribution in [0.2, 0.25) is 0 Å². The number of likely N-dealkylation sites (tertiary alicyclic amines) is 1. The van der Waals surface area contributed by atoms with Crippen molar-refractivity contribution in [3.05, 3.63) is 47.3 Å². The first-order valence-electron chi connectivity index (χ1n) is 7.17. The van der Waals surface area contributed by atoms with Gasteiger partial charge < -0.3 is 10.6 Å². The molecule has 1 atom stereocenters. The molecule has 0 radical (unpaired) electrons. The van der Waals surface area contributed by atoms with Gasteiger partial charge in [0.25, 0.3) is 15.9 Å². The molecule has 0 bridgehead atoms. The number of hydrogen-bond acceptors (Lipinski definition) is 5. The molecule has 6 nitrogen and oxygen atoms in total. The molecule has 1 aromatic heterocycles. The molecule has 0 aliphatic carbocycles. The number of thiophene rings is 1. The zero-order valence-electron chi connectivity index (χ0n) is 12.3. The zero-order chi connectivity index (χ0) is 16.4. The van der Waals surface area contributed by atoms with E-state index in [2.05, 4.69) is 4.72 Å². The minimum absolute atomic E-state index is 0.0134. The van der Waals surface area contributed by atoms with Crippen LogP contribution in [-0.4, -0.2) is 38.4 Å². The summed E-state index contributed by atoms with van der Waals surface area (Å²) in [6.07, 6.45) is 0.788. The number of anilines is 1. The van der Waals surface area contributed by atoms with Gasteiger partial charge in [0, 0.05) is 30.4 Å². The first-order valence-corrected chi connectivity index (χ1v) is 9.53. The van der Waals surface area contributed by atoms with Crippen LogP contribution in [0.3, 0.4) is 0 Å². The summed E-state index contributed by atoms with van der Waals surface area (Å²) >= 11 is 1.14. The van der Waals surface area contributed by atoms with Crippen molar-refractivity contribution >= 4 is 33.0 Å². The highest BCUT2D eigenvalue weighted by molar-refractivity contribution is 7.94. The van der Waals surface area contributed by atoms with Crippen LogP contribution < -0.4 is 10.5 Å². The molecule has 2 aromatic rings. The third-order valence-corrected chi connectivity index (χ3v) is 6.41. The molecule has 1 aromatic carbocycles. The number of benzene rings is 1. The third kappa shape index (κ3) is 3.54. The van der Waals surface area contributed by atoms with Gasteiger partial charge in [-0.05, 0) is 36.1 Å². The highest BCUT2D eigenvalue weighted by atomic mass is 32.2. The Bertz CT molecular complexity index is 803. The predicted octanol–water partition coefficient (Wildman–Crippen LogP) is 1.72. The molecule has 1 aliphatic rings. The van der Waals surface area contributed by atoms with E-state index in [4.69, 9.17) is 5.73 Å². The van der Waals surface area contributed by atoms with Crippen LogP contribution in [0.15, 0.2) is 46.0 Å². The molecule has 23 heavy (non-hydrogen) atoms. The normalized spacial score (nSPS) is 18.1. The summed E-state index contributed by atoms with van der Waals surface area (Å²) in [6.45, 7) is 1.16. The van der Waals surface area contributed by atoms with Crippen LogP contribution in [0.4, 0.5) is 5.69 Å². The molecule has 1 aliphatic heterocycles. The largest absolute Gasteiger partial charge is 0.337 e. The lowest BCUT2D eigenvalue weighted by Gasteiger charge is -2.16. The Hall–Kier alpha value is -1.90. The molecule has 0 saturated carbocycles. The summed E-state index contributed by atoms with van der Waals surface area (Å²) in [5.74, 6) is -0.130. The van der Waals surface area contributed by atoms with E-state index in [0.717, 1.165) is 17.8 Å². The average Bonchev–Trinajstić information content (AvgIpc) is 3.18. The second kappa shape index (κ2) is 6.31. The zero-order valence-corrected chi connectivity index (χ0v) is 13.9. The number of hydrogen-bond donors (Lipinski definition) is 2. The van der Waals surface area contributed by atoms with Crippen molar-refractivity contribution in [2.24, 2.45) is 5.73 Å². The quantitative estimate of drug-likeness (QED) is 0.877. The maximum Gasteiger partial charge on any atom is 0.271 e. The van der Waals surface area contributed by atoms with Crippen LogP contribution >= 0.6 is 11.3 Å². The van der Waals surface area contributed by atoms with E-state index < -0.39 is 10.0 Å². The van der Waals surface area contributed by atoms with Crippen molar-refractivity contribution in [1.82, 2.24) is 4.90 Å². The Kier molecular flexibility index (Phi) is 4.38. The predicted molar refractivity (Wildman–Crippen MR) is 90.1 cm³/mol. The van der Waals surface area contributed by atoms with E-state index in [1.54, 1.807) is 40.6 Å². The number of rotatable bonds is 4. The fourth-order valence-corrected chi connectivity index (χ4v) is 4.53. The van der Waals surface area contributed by atoms with Crippen LogP contribution in [0.25, 0.3) is 0 Å². The summed E-state index contributed by atoms with van der Waals surface area (Å²) in [7, 11) is -3.62. The van der Waals surface area contributed by atoms with Gasteiger partial charge in [-0.25, -0.2) is 8.42 Å². The Morgan fingerprint density at radius 2 is 2.13 bits per heavy atom. The van der Waals surface area contributed by atoms with Crippen molar-refractivity contribution < 1.29 is 13.2 Å². The van der Waals surface area contributed by atoms with E-state index >= 15 is 0 Å². The van der Waals surface area contributed by atoms with Crippen molar-refractivity contribution in [2.45, 2.75) is 16.7 Å². The van der Waals surface area contributed by atoms with Crippen LogP contribution in [0.1, 0.15) is 16.8 Å². The number of sulfonamides is 1. The highest BCUT2D eigenvalue weighted by Crippen LogP contribution is 2.21. The molecule has 2 heterocycles. The first-order chi connectivity index (χ1) is 11.0. The average molecular weight is 351 g/mol. The second-order valence-electron chi connectivity index (χ2n) is 5.42. The van der Waals surface area contributed by atoms with E-state index in [0.29, 0.717) is 24.3 Å². The van der Waals surface area contributed by atoms with Crippen molar-refractivity contribution in [3.8, 4) is 0 Å². The third-order valence-electron chi connectivity index (χ3n) is 3.63. The molecule has 3 rings (SSSR count). The number of amides is 1. The van der Waals surface area contributed by atoms with Crippen molar-refractivity contribution in [1.29, 1.82) is 0 Å². The maximum absolute atomic E-state index is 12.4. The van der Waals surface area contributed by atoms with Gasteiger partial charge in [-0.1, -0.05) is 12.1 Å². The smallest absolute Gasteiger partial charge is 0.271 e. The molecule has 1 amide bonds. The van der Waals surface area contributed by atoms with Gasteiger partial charge in [-0.2, -0.15) is 0 Å². The fraction of sp³-hybridized carbons (Fsp3) is 0.267. The Balaban J connectivity index is 1.79. The monoisotopic (exact) mass is 351 g/mol. The minimum atomic E-state index is -3.62. The molecule has 1 fully saturated rings. The van der Waals surface area contributed by atoms with Gasteiger partial charge in [0.15, 0.2) is 0 Å². The number of nitrogens with one attached hydrogen (secondary N) is 1. The van der Waals surface area contributed by atoms with Crippen LogP contribution in [0.5, 0.6) is 0 Å². The minimum Gasteiger partial charge on any atom is -0.337 e. The van der Waals surface area contributed by atoms with Gasteiger partial charge >= 0.3 is 0 Å². The molecule has 8 heteroatoms. The highest BCUT2D eigenvalue weighted by Gasteiger charge is 2.25. The Morgan fingerprint density at radius 3 is 2.78 bits per heavy atom. The Morgan fingerprint density at radius 1 is 1.30 bits per heavy atom. The topological polar surface area (TPSA) is 92.5 Å². The lowest BCUT2D eigenvalue weighted by Crippen LogP contribution is -2.31. The SMILES string of the molecule is N[C@@H]1CCN(C(=O)c2cccc(NS(=O)(=O)c3cccs3)c2)C1. The second-order valence-corrected chi connectivity index (χ2v) is 8.28. The summed E-state index contributed by atoms with van der Waals surface area (Å²) in [5, 5.41) is 1.70. The van der Waals surface area contributed by atoms with E-state index in [9.17, 15) is 13.2 Å². The van der Waals surface area contributed by atoms with Gasteiger partial charge in [0.05, 0.1) is 0 Å². The number of nitrogens with two attached hydrogens (primary N) is 1. The van der Waals surface area contributed by atoms with Crippen LogP contribution in [0, 0.1) is 0 Å². The summed E-state index contributed by atoms with van der Waals surface area (Å²) < 4.78 is 27.2. The van der Waals surface area contributed by atoms with Crippen molar-refractivity contribution in [3.63, 3.8) is 0 Å². The number of carbonyl (C=O) groups excluding carboxylic acids is 1. The van der Waals surface area contributed by atoms with Crippen molar-refractivity contribution in [2.75, 3.05) is 17.8 Å². The van der Waals surface area contributed by atoms with E-state index in [1.807, 2.05) is 0 Å². The molecule has 122 valence electrons. The standard InChI is InChI=1S/C15H17N3O3S2/c16-12-6-7-18(10-12)15(19)11-3-1-4-13(9-11)17-23(20,21)14-5-2-8-22-14/h1-5,8-9,12,17H,6-7,10,16H2/t12-/m1/s1. The summed E-state index contributed by atoms with van der Waals surface area (Å²) in [6, 6.07) is 9.74. The summed E-state index contributed by atoms with van der Waals surface area (Å²) in [4.78, 5) is 14.1. The maximum atomic E-state index is 12.4. The van der Waals surface area contributed by atoms with Crippen LogP contribution in [-0.2, 0) is 10.0 Å². The Labute approximate surface area is 139 Å². The molecular formula is C15H17N3O3S2. The fourth-order valence-electron chi connectivity index (χ4n) is 2.49. The number of carbonyl (C=O) groups is 1. The molecule has 0 unspecified atom stereocenters. The van der Waals surface area contributed by atoms with Gasteiger partial charge in [0.1, 0.15) is 4.21 Å². The molecule has 0 spiro atoms. The molecular weight excluding hydrogens is 334 g/mol. The molecule has 1 saturated heterocycles. The molecule has 3 N–H and O–H groups in total. The summed E-state index contributed by atoms with van der Waals surface area (Å²) in [5.41, 5.74) is 6.64. The lowest BCUT2D eigenvalue weighted by molar-refractivity contribution is 0.0791. The number of nitrogens with zero attached hydrogens (tertiary/aromatic N) is 1. The van der Waals surface area contributed by atoms with E-state index in [-0.39, 0.29) is 16.2 Å². The first kappa shape index (κ1) is 16.0. The van der Waals surface area contributed by atoms with Gasteiger partial charge in [-0.3, -0.25) is 9.52 Å². The van der Waals surface area contributed by atoms with Gasteiger partial charge in [-0.15, -0.1) is 11.3 Å². The van der Waals surface area contributed by atoms with Gasteiger partial charge in [0.2, 0.25) is 0 Å². The lowest BCUT2D eigenvalue weighted by atomic mass is 10.2.